The molecule has 2 rings (SSSR count). The number of rotatable bonds is 3. The zero-order chi connectivity index (χ0) is 9.10. The number of hydrogen-bond donors (Lipinski definition) is 1. The molecule has 0 spiro atoms. The maximum Gasteiger partial charge on any atom is 0.0771 e. The number of hydrogen-bond acceptors (Lipinski definition) is 4. The first kappa shape index (κ1) is 9.09. The zero-order valence-corrected chi connectivity index (χ0v) is 8.46. The first-order valence-electron chi connectivity index (χ1n) is 4.88. The van der Waals surface area contributed by atoms with Gasteiger partial charge in [0.25, 0.3) is 0 Å². The molecule has 0 aliphatic heterocycles. The summed E-state index contributed by atoms with van der Waals surface area (Å²) in [5.41, 5.74) is 7.17. The van der Waals surface area contributed by atoms with Crippen LogP contribution in [0.15, 0.2) is 5.38 Å². The quantitative estimate of drug-likeness (QED) is 0.800. The summed E-state index contributed by atoms with van der Waals surface area (Å²) in [5, 5.41) is 6.01. The number of aromatic nitrogens is 2. The van der Waals surface area contributed by atoms with E-state index in [0.29, 0.717) is 6.04 Å². The van der Waals surface area contributed by atoms with Gasteiger partial charge in [0.05, 0.1) is 5.69 Å². The van der Waals surface area contributed by atoms with Gasteiger partial charge < -0.3 is 5.73 Å². The number of nitrogens with two attached hydrogens (primary N) is 1. The molecular formula is C9H15N3S. The summed E-state index contributed by atoms with van der Waals surface area (Å²) in [7, 11) is 0. The Morgan fingerprint density at radius 2 is 2.31 bits per heavy atom. The van der Waals surface area contributed by atoms with Crippen molar-refractivity contribution in [3.05, 3.63) is 11.1 Å². The Bertz CT molecular complexity index is 241. The Hall–Kier alpha value is -0.480. The third-order valence-corrected chi connectivity index (χ3v) is 3.41. The predicted molar refractivity (Wildman–Crippen MR) is 53.5 cm³/mol. The fraction of sp³-hybridized carbons (Fsp3) is 0.778. The van der Waals surface area contributed by atoms with Crippen LogP contribution in [0.1, 0.15) is 31.4 Å². The maximum absolute atomic E-state index is 6.11. The van der Waals surface area contributed by atoms with Gasteiger partial charge in [0, 0.05) is 17.8 Å². The lowest BCUT2D eigenvalue weighted by Crippen LogP contribution is -2.30. The largest absolute Gasteiger partial charge is 0.327 e. The zero-order valence-electron chi connectivity index (χ0n) is 7.65. The molecule has 1 aliphatic carbocycles. The van der Waals surface area contributed by atoms with Crippen molar-refractivity contribution in [2.45, 2.75) is 38.1 Å². The molecule has 1 aliphatic rings. The van der Waals surface area contributed by atoms with E-state index in [1.165, 1.54) is 37.2 Å². The molecule has 0 amide bonds. The Morgan fingerprint density at radius 3 is 2.92 bits per heavy atom. The van der Waals surface area contributed by atoms with Crippen LogP contribution in [0.5, 0.6) is 0 Å². The van der Waals surface area contributed by atoms with Crippen molar-refractivity contribution in [2.75, 3.05) is 0 Å². The van der Waals surface area contributed by atoms with Crippen molar-refractivity contribution in [1.82, 2.24) is 9.59 Å². The van der Waals surface area contributed by atoms with Crippen molar-refractivity contribution in [2.24, 2.45) is 11.7 Å². The summed E-state index contributed by atoms with van der Waals surface area (Å²) < 4.78 is 3.84. The van der Waals surface area contributed by atoms with Gasteiger partial charge in [-0.15, -0.1) is 5.10 Å². The lowest BCUT2D eigenvalue weighted by atomic mass is 9.95. The minimum Gasteiger partial charge on any atom is -0.327 e. The highest BCUT2D eigenvalue weighted by molar-refractivity contribution is 7.03. The molecule has 1 heterocycles. The molecule has 0 aromatic carbocycles. The van der Waals surface area contributed by atoms with Crippen LogP contribution in [-0.4, -0.2) is 15.6 Å². The normalized spacial score (nSPS) is 20.7. The van der Waals surface area contributed by atoms with Crippen LogP contribution in [-0.2, 0) is 6.42 Å². The second kappa shape index (κ2) is 4.15. The average molecular weight is 197 g/mol. The molecule has 0 radical (unpaired) electrons. The molecule has 1 aromatic heterocycles. The van der Waals surface area contributed by atoms with Crippen molar-refractivity contribution in [3.63, 3.8) is 0 Å². The topological polar surface area (TPSA) is 51.8 Å². The van der Waals surface area contributed by atoms with Gasteiger partial charge in [-0.05, 0) is 30.3 Å². The SMILES string of the molecule is NC(Cc1csnn1)C1CCCC1. The van der Waals surface area contributed by atoms with Crippen LogP contribution in [0.25, 0.3) is 0 Å². The van der Waals surface area contributed by atoms with Gasteiger partial charge in [0.15, 0.2) is 0 Å². The highest BCUT2D eigenvalue weighted by Gasteiger charge is 2.22. The standard InChI is InChI=1S/C9H15N3S/c10-9(7-3-1-2-4-7)5-8-6-13-12-11-8/h6-7,9H,1-5,10H2. The molecule has 4 heteroatoms. The van der Waals surface area contributed by atoms with Gasteiger partial charge in [-0.3, -0.25) is 0 Å². The summed E-state index contributed by atoms with van der Waals surface area (Å²) in [6.07, 6.45) is 6.22. The predicted octanol–water partition coefficient (Wildman–Crippen LogP) is 1.60. The monoisotopic (exact) mass is 197 g/mol. The van der Waals surface area contributed by atoms with Crippen molar-refractivity contribution < 1.29 is 0 Å². The van der Waals surface area contributed by atoms with E-state index in [1.807, 2.05) is 5.38 Å². The Labute approximate surface area is 82.5 Å². The van der Waals surface area contributed by atoms with E-state index in [4.69, 9.17) is 5.73 Å². The lowest BCUT2D eigenvalue weighted by Gasteiger charge is -2.16. The second-order valence-corrected chi connectivity index (χ2v) is 4.42. The molecule has 0 saturated heterocycles. The molecule has 13 heavy (non-hydrogen) atoms. The summed E-state index contributed by atoms with van der Waals surface area (Å²) in [4.78, 5) is 0. The second-order valence-electron chi connectivity index (χ2n) is 3.81. The maximum atomic E-state index is 6.11. The summed E-state index contributed by atoms with van der Waals surface area (Å²) in [6.45, 7) is 0. The van der Waals surface area contributed by atoms with Gasteiger partial charge in [0.2, 0.25) is 0 Å². The molecule has 1 aromatic rings. The molecule has 1 atom stereocenters. The fourth-order valence-corrected chi connectivity index (χ4v) is 2.53. The Morgan fingerprint density at radius 1 is 1.54 bits per heavy atom. The van der Waals surface area contributed by atoms with Crippen LogP contribution in [0.3, 0.4) is 0 Å². The minimum atomic E-state index is 0.298. The van der Waals surface area contributed by atoms with Crippen LogP contribution >= 0.6 is 11.5 Å². The highest BCUT2D eigenvalue weighted by Crippen LogP contribution is 2.27. The van der Waals surface area contributed by atoms with Gasteiger partial charge in [-0.1, -0.05) is 17.3 Å². The Kier molecular flexibility index (Phi) is 2.90. The van der Waals surface area contributed by atoms with Gasteiger partial charge in [-0.25, -0.2) is 0 Å². The molecular weight excluding hydrogens is 182 g/mol. The summed E-state index contributed by atoms with van der Waals surface area (Å²) in [6, 6.07) is 0.298. The molecule has 1 saturated carbocycles. The van der Waals surface area contributed by atoms with Crippen LogP contribution in [0, 0.1) is 5.92 Å². The summed E-state index contributed by atoms with van der Waals surface area (Å²) >= 11 is 1.41. The molecule has 2 N–H and O–H groups in total. The van der Waals surface area contributed by atoms with Crippen LogP contribution < -0.4 is 5.73 Å². The van der Waals surface area contributed by atoms with Gasteiger partial charge >= 0.3 is 0 Å². The van der Waals surface area contributed by atoms with E-state index < -0.39 is 0 Å². The fourth-order valence-electron chi connectivity index (χ4n) is 2.07. The van der Waals surface area contributed by atoms with E-state index in [2.05, 4.69) is 9.59 Å². The number of nitrogens with zero attached hydrogens (tertiary/aromatic N) is 2. The first-order valence-corrected chi connectivity index (χ1v) is 5.71. The lowest BCUT2D eigenvalue weighted by molar-refractivity contribution is 0.426. The molecule has 1 unspecified atom stereocenters. The van der Waals surface area contributed by atoms with Crippen LogP contribution in [0.2, 0.25) is 0 Å². The van der Waals surface area contributed by atoms with E-state index >= 15 is 0 Å². The van der Waals surface area contributed by atoms with Gasteiger partial charge in [-0.2, -0.15) is 0 Å². The summed E-state index contributed by atoms with van der Waals surface area (Å²) in [5.74, 6) is 0.724. The minimum absolute atomic E-state index is 0.298. The van der Waals surface area contributed by atoms with Gasteiger partial charge in [0.1, 0.15) is 0 Å². The van der Waals surface area contributed by atoms with E-state index in [1.54, 1.807) is 0 Å². The molecule has 3 nitrogen and oxygen atoms in total. The first-order chi connectivity index (χ1) is 6.36. The van der Waals surface area contributed by atoms with E-state index in [-0.39, 0.29) is 0 Å². The molecule has 1 fully saturated rings. The third-order valence-electron chi connectivity index (χ3n) is 2.86. The van der Waals surface area contributed by atoms with Crippen molar-refractivity contribution in [3.8, 4) is 0 Å². The Balaban J connectivity index is 1.87. The van der Waals surface area contributed by atoms with Crippen molar-refractivity contribution in [1.29, 1.82) is 0 Å². The third kappa shape index (κ3) is 2.25. The van der Waals surface area contributed by atoms with Crippen LogP contribution in [0.4, 0.5) is 0 Å². The van der Waals surface area contributed by atoms with Crippen molar-refractivity contribution >= 4 is 11.5 Å². The smallest absolute Gasteiger partial charge is 0.0771 e. The van der Waals surface area contributed by atoms with E-state index in [9.17, 15) is 0 Å². The molecule has 72 valence electrons. The molecule has 0 bridgehead atoms. The van der Waals surface area contributed by atoms with E-state index in [0.717, 1.165) is 18.0 Å². The average Bonchev–Trinajstić information content (AvgIpc) is 2.74. The highest BCUT2D eigenvalue weighted by atomic mass is 32.1.